The van der Waals surface area contributed by atoms with Crippen molar-refractivity contribution in [3.8, 4) is 0 Å². The van der Waals surface area contributed by atoms with Crippen LogP contribution in [0.1, 0.15) is 27.0 Å². The monoisotopic (exact) mass is 451 g/mol. The van der Waals surface area contributed by atoms with Crippen LogP contribution in [0.4, 0.5) is 5.69 Å². The predicted octanol–water partition coefficient (Wildman–Crippen LogP) is 2.93. The molecule has 0 aliphatic rings. The zero-order chi connectivity index (χ0) is 23.3. The van der Waals surface area contributed by atoms with Crippen molar-refractivity contribution in [1.82, 2.24) is 5.32 Å². The summed E-state index contributed by atoms with van der Waals surface area (Å²) >= 11 is 0. The number of rotatable bonds is 8. The first-order valence-corrected chi connectivity index (χ1v) is 11.5. The van der Waals surface area contributed by atoms with E-state index in [4.69, 9.17) is 5.73 Å². The third-order valence-electron chi connectivity index (χ3n) is 5.12. The van der Waals surface area contributed by atoms with E-state index in [-0.39, 0.29) is 16.9 Å². The summed E-state index contributed by atoms with van der Waals surface area (Å²) in [5.41, 5.74) is 9.01. The number of sulfonamides is 1. The van der Waals surface area contributed by atoms with Crippen molar-refractivity contribution >= 4 is 27.5 Å². The molecule has 0 saturated heterocycles. The minimum atomic E-state index is -3.82. The largest absolute Gasteiger partial charge is 0.368 e. The van der Waals surface area contributed by atoms with Gasteiger partial charge in [0.25, 0.3) is 15.9 Å². The van der Waals surface area contributed by atoms with Crippen LogP contribution in [0, 0.1) is 13.8 Å². The molecule has 7 nitrogen and oxygen atoms in total. The molecule has 0 unspecified atom stereocenters. The number of nitrogens with two attached hydrogens (primary N) is 1. The first-order chi connectivity index (χ1) is 15.2. The number of amides is 2. The Balaban J connectivity index is 1.71. The van der Waals surface area contributed by atoms with Crippen molar-refractivity contribution in [3.63, 3.8) is 0 Å². The van der Waals surface area contributed by atoms with Gasteiger partial charge in [0.1, 0.15) is 6.04 Å². The molecule has 4 N–H and O–H groups in total. The summed E-state index contributed by atoms with van der Waals surface area (Å²) in [5, 5.41) is 2.61. The normalized spacial score (nSPS) is 12.1. The predicted molar refractivity (Wildman–Crippen MR) is 124 cm³/mol. The summed E-state index contributed by atoms with van der Waals surface area (Å²) in [6, 6.07) is 19.1. The minimum Gasteiger partial charge on any atom is -0.368 e. The Morgan fingerprint density at radius 1 is 0.906 bits per heavy atom. The van der Waals surface area contributed by atoms with E-state index in [1.54, 1.807) is 12.1 Å². The van der Waals surface area contributed by atoms with Crippen LogP contribution in [-0.4, -0.2) is 26.3 Å². The Labute approximate surface area is 187 Å². The second-order valence-corrected chi connectivity index (χ2v) is 9.23. The van der Waals surface area contributed by atoms with Crippen LogP contribution in [0.3, 0.4) is 0 Å². The number of carbonyl (C=O) groups is 2. The average molecular weight is 452 g/mol. The third kappa shape index (κ3) is 5.73. The fourth-order valence-electron chi connectivity index (χ4n) is 3.12. The van der Waals surface area contributed by atoms with Crippen LogP contribution < -0.4 is 15.8 Å². The van der Waals surface area contributed by atoms with Gasteiger partial charge in [-0.1, -0.05) is 36.4 Å². The van der Waals surface area contributed by atoms with Crippen molar-refractivity contribution in [2.24, 2.45) is 5.73 Å². The standard InChI is InChI=1S/C24H25N3O4S/c1-16-8-11-20(14-17(16)2)27-32(30,31)21-12-9-19(10-13-21)24(29)26-22(23(25)28)15-18-6-4-3-5-7-18/h3-14,22,27H,15H2,1-2H3,(H2,25,28)(H,26,29)/t22-/m1/s1. The molecule has 0 aliphatic heterocycles. The van der Waals surface area contributed by atoms with E-state index < -0.39 is 27.9 Å². The van der Waals surface area contributed by atoms with Gasteiger partial charge in [-0.3, -0.25) is 14.3 Å². The maximum absolute atomic E-state index is 12.7. The van der Waals surface area contributed by atoms with E-state index in [0.29, 0.717) is 5.69 Å². The van der Waals surface area contributed by atoms with Crippen LogP contribution in [0.25, 0.3) is 0 Å². The highest BCUT2D eigenvalue weighted by Crippen LogP contribution is 2.19. The molecular formula is C24H25N3O4S. The molecule has 0 spiro atoms. The number of primary amides is 1. The number of aryl methyl sites for hydroxylation is 2. The first kappa shape index (κ1) is 23.0. The lowest BCUT2D eigenvalue weighted by molar-refractivity contribution is -0.119. The smallest absolute Gasteiger partial charge is 0.261 e. The zero-order valence-corrected chi connectivity index (χ0v) is 18.6. The maximum atomic E-state index is 12.7. The topological polar surface area (TPSA) is 118 Å². The van der Waals surface area contributed by atoms with Crippen molar-refractivity contribution in [2.75, 3.05) is 4.72 Å². The molecule has 0 radical (unpaired) electrons. The lowest BCUT2D eigenvalue weighted by Gasteiger charge is -2.16. The summed E-state index contributed by atoms with van der Waals surface area (Å²) < 4.78 is 27.9. The van der Waals surface area contributed by atoms with Gasteiger partial charge in [0, 0.05) is 17.7 Å². The molecule has 0 heterocycles. The highest BCUT2D eigenvalue weighted by Gasteiger charge is 2.20. The molecule has 0 fully saturated rings. The Kier molecular flexibility index (Phi) is 6.95. The van der Waals surface area contributed by atoms with Gasteiger partial charge in [-0.15, -0.1) is 0 Å². The molecule has 3 rings (SSSR count). The summed E-state index contributed by atoms with van der Waals surface area (Å²) in [7, 11) is -3.82. The summed E-state index contributed by atoms with van der Waals surface area (Å²) in [5.74, 6) is -1.17. The van der Waals surface area contributed by atoms with E-state index in [0.717, 1.165) is 16.7 Å². The first-order valence-electron chi connectivity index (χ1n) is 10.00. The van der Waals surface area contributed by atoms with E-state index in [1.807, 2.05) is 50.2 Å². The Bertz CT molecular complexity index is 1220. The molecule has 0 saturated carbocycles. The molecular weight excluding hydrogens is 426 g/mol. The van der Waals surface area contributed by atoms with Gasteiger partial charge in [0.05, 0.1) is 4.90 Å². The van der Waals surface area contributed by atoms with Crippen LogP contribution in [0.15, 0.2) is 77.7 Å². The fourth-order valence-corrected chi connectivity index (χ4v) is 4.17. The average Bonchev–Trinajstić information content (AvgIpc) is 2.76. The summed E-state index contributed by atoms with van der Waals surface area (Å²) in [6.07, 6.45) is 0.258. The van der Waals surface area contributed by atoms with Crippen LogP contribution >= 0.6 is 0 Å². The summed E-state index contributed by atoms with van der Waals surface area (Å²) in [6.45, 7) is 3.84. The van der Waals surface area contributed by atoms with Gasteiger partial charge in [-0.25, -0.2) is 8.42 Å². The molecule has 1 atom stereocenters. The highest BCUT2D eigenvalue weighted by molar-refractivity contribution is 7.92. The summed E-state index contributed by atoms with van der Waals surface area (Å²) in [4.78, 5) is 24.4. The lowest BCUT2D eigenvalue weighted by Crippen LogP contribution is -2.45. The van der Waals surface area contributed by atoms with Gasteiger partial charge in [-0.05, 0) is 66.9 Å². The van der Waals surface area contributed by atoms with Crippen LogP contribution in [0.5, 0.6) is 0 Å². The van der Waals surface area contributed by atoms with Crippen molar-refractivity contribution in [3.05, 3.63) is 95.1 Å². The van der Waals surface area contributed by atoms with Crippen molar-refractivity contribution in [1.29, 1.82) is 0 Å². The van der Waals surface area contributed by atoms with Crippen molar-refractivity contribution in [2.45, 2.75) is 31.2 Å². The number of hydrogen-bond donors (Lipinski definition) is 3. The number of benzene rings is 3. The number of carbonyl (C=O) groups excluding carboxylic acids is 2. The van der Waals surface area contributed by atoms with Gasteiger partial charge in [0.2, 0.25) is 5.91 Å². The second-order valence-electron chi connectivity index (χ2n) is 7.55. The number of hydrogen-bond acceptors (Lipinski definition) is 4. The van der Waals surface area contributed by atoms with E-state index >= 15 is 0 Å². The second kappa shape index (κ2) is 9.65. The molecule has 0 aliphatic carbocycles. The van der Waals surface area contributed by atoms with E-state index in [2.05, 4.69) is 10.0 Å². The molecule has 0 bridgehead atoms. The molecule has 166 valence electrons. The molecule has 8 heteroatoms. The van der Waals surface area contributed by atoms with Crippen LogP contribution in [0.2, 0.25) is 0 Å². The molecule has 32 heavy (non-hydrogen) atoms. The Morgan fingerprint density at radius 2 is 1.56 bits per heavy atom. The number of nitrogens with one attached hydrogen (secondary N) is 2. The Morgan fingerprint density at radius 3 is 2.16 bits per heavy atom. The van der Waals surface area contributed by atoms with E-state index in [1.165, 1.54) is 24.3 Å². The molecule has 3 aromatic rings. The third-order valence-corrected chi connectivity index (χ3v) is 6.51. The van der Waals surface area contributed by atoms with Gasteiger partial charge >= 0.3 is 0 Å². The SMILES string of the molecule is Cc1ccc(NS(=O)(=O)c2ccc(C(=O)N[C@H](Cc3ccccc3)C(N)=O)cc2)cc1C. The maximum Gasteiger partial charge on any atom is 0.261 e. The van der Waals surface area contributed by atoms with Gasteiger partial charge < -0.3 is 11.1 Å². The quantitative estimate of drug-likeness (QED) is 0.488. The molecule has 2 amide bonds. The van der Waals surface area contributed by atoms with E-state index in [9.17, 15) is 18.0 Å². The van der Waals surface area contributed by atoms with Crippen LogP contribution in [-0.2, 0) is 21.2 Å². The number of anilines is 1. The zero-order valence-electron chi connectivity index (χ0n) is 17.8. The van der Waals surface area contributed by atoms with Gasteiger partial charge in [0.15, 0.2) is 0 Å². The Hall–Kier alpha value is -3.65. The lowest BCUT2D eigenvalue weighted by atomic mass is 10.0. The molecule has 0 aromatic heterocycles. The fraction of sp³-hybridized carbons (Fsp3) is 0.167. The highest BCUT2D eigenvalue weighted by atomic mass is 32.2. The minimum absolute atomic E-state index is 0.0167. The van der Waals surface area contributed by atoms with Crippen molar-refractivity contribution < 1.29 is 18.0 Å². The molecule has 3 aromatic carbocycles. The van der Waals surface area contributed by atoms with Gasteiger partial charge in [-0.2, -0.15) is 0 Å².